The molecule has 0 aliphatic rings. The van der Waals surface area contributed by atoms with Crippen molar-refractivity contribution in [2.24, 2.45) is 0 Å². The molecular weight excluding hydrogens is 444 g/mol. The van der Waals surface area contributed by atoms with Gasteiger partial charge in [0.05, 0.1) is 23.9 Å². The first-order valence-electron chi connectivity index (χ1n) is 10.8. The third-order valence-electron chi connectivity index (χ3n) is 5.16. The molecule has 0 spiro atoms. The lowest BCUT2D eigenvalue weighted by Gasteiger charge is -2.23. The summed E-state index contributed by atoms with van der Waals surface area (Å²) in [5, 5.41) is 3.62. The van der Waals surface area contributed by atoms with Gasteiger partial charge in [0.1, 0.15) is 0 Å². The molecule has 3 aromatic rings. The van der Waals surface area contributed by atoms with E-state index in [0.717, 1.165) is 23.3 Å². The molecule has 3 rings (SSSR count). The molecular formula is C23H29ClN6O3. The standard InChI is InChI=1S/C23H29ClN6O3/c1-5-28(12-13-33-4)20-10-8-18(9-11-20)26-21-27-22(31)30(16(2)3)23(32)29(21)15-19-7-6-17(24)14-25-19/h6-11,14,16H,5,12-13,15H2,1-4H3,(H,26,27,31). The lowest BCUT2D eigenvalue weighted by Crippen LogP contribution is -2.43. The molecule has 2 heterocycles. The van der Waals surface area contributed by atoms with Gasteiger partial charge >= 0.3 is 11.4 Å². The largest absolute Gasteiger partial charge is 0.383 e. The highest BCUT2D eigenvalue weighted by molar-refractivity contribution is 6.30. The molecule has 0 bridgehead atoms. The minimum absolute atomic E-state index is 0.136. The van der Waals surface area contributed by atoms with Crippen LogP contribution >= 0.6 is 11.6 Å². The molecule has 0 aliphatic carbocycles. The van der Waals surface area contributed by atoms with E-state index in [0.29, 0.717) is 23.0 Å². The van der Waals surface area contributed by atoms with Crippen molar-refractivity contribution in [1.82, 2.24) is 19.1 Å². The molecule has 9 nitrogen and oxygen atoms in total. The van der Waals surface area contributed by atoms with Gasteiger partial charge in [-0.15, -0.1) is 0 Å². The zero-order valence-corrected chi connectivity index (χ0v) is 20.0. The molecule has 0 fully saturated rings. The Morgan fingerprint density at radius 3 is 2.45 bits per heavy atom. The number of likely N-dealkylation sites (N-methyl/N-ethyl adjacent to an activating group) is 1. The fourth-order valence-electron chi connectivity index (χ4n) is 3.40. The van der Waals surface area contributed by atoms with Crippen LogP contribution < -0.4 is 21.6 Å². The Balaban J connectivity index is 1.95. The van der Waals surface area contributed by atoms with Crippen molar-refractivity contribution in [2.75, 3.05) is 37.0 Å². The average Bonchev–Trinajstić information content (AvgIpc) is 2.79. The Kier molecular flexibility index (Phi) is 8.24. The summed E-state index contributed by atoms with van der Waals surface area (Å²) in [4.78, 5) is 36.4. The number of hydrogen-bond donors (Lipinski definition) is 1. The van der Waals surface area contributed by atoms with E-state index >= 15 is 0 Å². The lowest BCUT2D eigenvalue weighted by molar-refractivity contribution is 0.205. The van der Waals surface area contributed by atoms with Crippen LogP contribution in [0, 0.1) is 0 Å². The van der Waals surface area contributed by atoms with Gasteiger partial charge in [-0.1, -0.05) is 11.6 Å². The van der Waals surface area contributed by atoms with Crippen molar-refractivity contribution in [3.63, 3.8) is 0 Å². The van der Waals surface area contributed by atoms with Gasteiger partial charge in [-0.2, -0.15) is 4.98 Å². The average molecular weight is 473 g/mol. The van der Waals surface area contributed by atoms with E-state index in [1.807, 2.05) is 24.3 Å². The summed E-state index contributed by atoms with van der Waals surface area (Å²) in [6, 6.07) is 10.8. The molecule has 0 aliphatic heterocycles. The van der Waals surface area contributed by atoms with Crippen molar-refractivity contribution in [3.05, 3.63) is 74.3 Å². The Morgan fingerprint density at radius 1 is 1.15 bits per heavy atom. The first kappa shape index (κ1) is 24.5. The summed E-state index contributed by atoms with van der Waals surface area (Å²) in [5.74, 6) is 0.151. The molecule has 0 radical (unpaired) electrons. The van der Waals surface area contributed by atoms with Crippen molar-refractivity contribution in [3.8, 4) is 0 Å². The third kappa shape index (κ3) is 6.00. The Labute approximate surface area is 197 Å². The van der Waals surface area contributed by atoms with Crippen molar-refractivity contribution >= 4 is 28.9 Å². The number of benzene rings is 1. The zero-order chi connectivity index (χ0) is 24.0. The van der Waals surface area contributed by atoms with Gasteiger partial charge in [-0.05, 0) is 57.2 Å². The minimum Gasteiger partial charge on any atom is -0.383 e. The van der Waals surface area contributed by atoms with E-state index in [4.69, 9.17) is 16.3 Å². The molecule has 0 unspecified atom stereocenters. The van der Waals surface area contributed by atoms with Crippen molar-refractivity contribution in [2.45, 2.75) is 33.4 Å². The fraction of sp³-hybridized carbons (Fsp3) is 0.391. The maximum absolute atomic E-state index is 13.2. The molecule has 0 atom stereocenters. The molecule has 2 aromatic heterocycles. The quantitative estimate of drug-likeness (QED) is 0.483. The second-order valence-corrected chi connectivity index (χ2v) is 8.20. The van der Waals surface area contributed by atoms with Crippen LogP contribution in [0.2, 0.25) is 5.02 Å². The van der Waals surface area contributed by atoms with E-state index in [1.165, 1.54) is 10.8 Å². The normalized spacial score (nSPS) is 11.1. The molecule has 33 heavy (non-hydrogen) atoms. The van der Waals surface area contributed by atoms with Crippen LogP contribution in [0.4, 0.5) is 17.3 Å². The smallest absolute Gasteiger partial charge is 0.355 e. The van der Waals surface area contributed by atoms with E-state index in [1.54, 1.807) is 33.1 Å². The summed E-state index contributed by atoms with van der Waals surface area (Å²) in [5.41, 5.74) is 1.30. The topological polar surface area (TPSA) is 94.3 Å². The van der Waals surface area contributed by atoms with E-state index in [2.05, 4.69) is 27.1 Å². The predicted molar refractivity (Wildman–Crippen MR) is 131 cm³/mol. The maximum atomic E-state index is 13.2. The van der Waals surface area contributed by atoms with Crippen LogP contribution in [-0.4, -0.2) is 45.9 Å². The first-order valence-corrected chi connectivity index (χ1v) is 11.2. The lowest BCUT2D eigenvalue weighted by atomic mass is 10.2. The number of nitrogens with one attached hydrogen (secondary N) is 1. The van der Waals surface area contributed by atoms with Gasteiger partial charge in [0.2, 0.25) is 5.95 Å². The van der Waals surface area contributed by atoms with Gasteiger partial charge in [-0.25, -0.2) is 14.2 Å². The first-order chi connectivity index (χ1) is 15.8. The highest BCUT2D eigenvalue weighted by Gasteiger charge is 2.16. The van der Waals surface area contributed by atoms with Crippen LogP contribution in [0.5, 0.6) is 0 Å². The number of aromatic nitrogens is 4. The number of pyridine rings is 1. The third-order valence-corrected chi connectivity index (χ3v) is 5.38. The zero-order valence-electron chi connectivity index (χ0n) is 19.3. The van der Waals surface area contributed by atoms with Crippen LogP contribution in [0.25, 0.3) is 0 Å². The summed E-state index contributed by atoms with van der Waals surface area (Å²) in [6.45, 7) is 8.01. The maximum Gasteiger partial charge on any atom is 0.355 e. The van der Waals surface area contributed by atoms with Crippen LogP contribution in [0.15, 0.2) is 52.2 Å². The summed E-state index contributed by atoms with van der Waals surface area (Å²) < 4.78 is 7.71. The Bertz CT molecular complexity index is 1170. The number of hydrogen-bond acceptors (Lipinski definition) is 7. The second kappa shape index (κ2) is 11.1. The van der Waals surface area contributed by atoms with E-state index in [-0.39, 0.29) is 18.5 Å². The molecule has 0 saturated carbocycles. The van der Waals surface area contributed by atoms with Gasteiger partial charge in [0.15, 0.2) is 0 Å². The molecule has 0 amide bonds. The van der Waals surface area contributed by atoms with E-state index in [9.17, 15) is 9.59 Å². The number of anilines is 3. The summed E-state index contributed by atoms with van der Waals surface area (Å²) in [6.07, 6.45) is 1.52. The minimum atomic E-state index is -0.605. The number of halogens is 1. The number of ether oxygens (including phenoxy) is 1. The number of rotatable bonds is 10. The molecule has 1 aromatic carbocycles. The van der Waals surface area contributed by atoms with Crippen LogP contribution in [-0.2, 0) is 11.3 Å². The van der Waals surface area contributed by atoms with Crippen molar-refractivity contribution < 1.29 is 4.74 Å². The van der Waals surface area contributed by atoms with Gasteiger partial charge in [-0.3, -0.25) is 9.55 Å². The number of methoxy groups -OCH3 is 1. The second-order valence-electron chi connectivity index (χ2n) is 7.76. The van der Waals surface area contributed by atoms with Gasteiger partial charge in [0, 0.05) is 43.8 Å². The summed E-state index contributed by atoms with van der Waals surface area (Å²) in [7, 11) is 1.68. The number of nitrogens with zero attached hydrogens (tertiary/aromatic N) is 5. The fourth-order valence-corrected chi connectivity index (χ4v) is 3.52. The molecule has 10 heteroatoms. The summed E-state index contributed by atoms with van der Waals surface area (Å²) >= 11 is 5.93. The van der Waals surface area contributed by atoms with Gasteiger partial charge < -0.3 is 15.0 Å². The Morgan fingerprint density at radius 2 is 1.88 bits per heavy atom. The predicted octanol–water partition coefficient (Wildman–Crippen LogP) is 3.30. The highest BCUT2D eigenvalue weighted by atomic mass is 35.5. The van der Waals surface area contributed by atoms with E-state index < -0.39 is 11.4 Å². The van der Waals surface area contributed by atoms with Crippen LogP contribution in [0.3, 0.4) is 0 Å². The highest BCUT2D eigenvalue weighted by Crippen LogP contribution is 2.20. The van der Waals surface area contributed by atoms with Gasteiger partial charge in [0.25, 0.3) is 0 Å². The van der Waals surface area contributed by atoms with Crippen molar-refractivity contribution in [1.29, 1.82) is 0 Å². The monoisotopic (exact) mass is 472 g/mol. The Hall–Kier alpha value is -3.17. The molecule has 176 valence electrons. The molecule has 1 N–H and O–H groups in total. The van der Waals surface area contributed by atoms with Crippen LogP contribution in [0.1, 0.15) is 32.5 Å². The SMILES string of the molecule is CCN(CCOC)c1ccc(Nc2nc(=O)n(C(C)C)c(=O)n2Cc2ccc(Cl)cn2)cc1. The molecule has 0 saturated heterocycles.